The molecule has 17 heavy (non-hydrogen) atoms. The zero-order valence-corrected chi connectivity index (χ0v) is 8.74. The highest BCUT2D eigenvalue weighted by molar-refractivity contribution is 5.09. The number of hydrogen-bond acceptors (Lipinski definition) is 6. The number of aromatic nitrogens is 2. The summed E-state index contributed by atoms with van der Waals surface area (Å²) in [5.41, 5.74) is -1.70. The summed E-state index contributed by atoms with van der Waals surface area (Å²) in [6.45, 7) is -0.280. The molecule has 0 radical (unpaired) electrons. The summed E-state index contributed by atoms with van der Waals surface area (Å²) < 4.78 is 6.10. The number of aromatic amines is 1. The summed E-state index contributed by atoms with van der Waals surface area (Å²) >= 11 is 0. The van der Waals surface area contributed by atoms with Crippen LogP contribution in [-0.2, 0) is 4.74 Å². The topological polar surface area (TPSA) is 125 Å². The van der Waals surface area contributed by atoms with Crippen LogP contribution in [0.5, 0.6) is 5.75 Å². The van der Waals surface area contributed by atoms with E-state index in [1.54, 1.807) is 0 Å². The first kappa shape index (κ1) is 11.8. The molecule has 0 saturated carbocycles. The minimum Gasteiger partial charge on any atom is -0.502 e. The monoisotopic (exact) mass is 244 g/mol. The van der Waals surface area contributed by atoms with Gasteiger partial charge in [0.1, 0.15) is 6.10 Å². The van der Waals surface area contributed by atoms with Crippen LogP contribution in [-0.4, -0.2) is 43.7 Å². The van der Waals surface area contributed by atoms with Gasteiger partial charge in [0.05, 0.1) is 18.9 Å². The summed E-state index contributed by atoms with van der Waals surface area (Å²) in [7, 11) is 0. The van der Waals surface area contributed by atoms with Crippen molar-refractivity contribution >= 4 is 0 Å². The number of nitrogens with one attached hydrogen (secondary N) is 1. The van der Waals surface area contributed by atoms with E-state index in [1.807, 2.05) is 4.98 Å². The second-order valence-electron chi connectivity index (χ2n) is 3.82. The number of aromatic hydroxyl groups is 1. The maximum Gasteiger partial charge on any atom is 0.330 e. The van der Waals surface area contributed by atoms with E-state index in [0.29, 0.717) is 0 Å². The molecule has 4 N–H and O–H groups in total. The van der Waals surface area contributed by atoms with Gasteiger partial charge in [0.25, 0.3) is 5.56 Å². The fourth-order valence-corrected chi connectivity index (χ4v) is 1.76. The van der Waals surface area contributed by atoms with Crippen LogP contribution in [0.1, 0.15) is 12.6 Å². The van der Waals surface area contributed by atoms with Crippen LogP contribution < -0.4 is 11.2 Å². The van der Waals surface area contributed by atoms with Gasteiger partial charge in [-0.2, -0.15) is 0 Å². The highest BCUT2D eigenvalue weighted by Gasteiger charge is 2.35. The smallest absolute Gasteiger partial charge is 0.330 e. The molecule has 1 aromatic heterocycles. The molecule has 0 bridgehead atoms. The Labute approximate surface area is 94.7 Å². The third kappa shape index (κ3) is 2.09. The fourth-order valence-electron chi connectivity index (χ4n) is 1.76. The number of hydrogen-bond donors (Lipinski definition) is 4. The maximum absolute atomic E-state index is 11.5. The second kappa shape index (κ2) is 4.32. The molecule has 3 atom stereocenters. The Bertz CT molecular complexity index is 521. The molecular weight excluding hydrogens is 232 g/mol. The summed E-state index contributed by atoms with van der Waals surface area (Å²) in [5, 5.41) is 27.7. The predicted molar refractivity (Wildman–Crippen MR) is 54.6 cm³/mol. The Morgan fingerprint density at radius 2 is 2.24 bits per heavy atom. The normalized spacial score (nSPS) is 28.5. The zero-order chi connectivity index (χ0) is 12.6. The van der Waals surface area contributed by atoms with Gasteiger partial charge in [-0.25, -0.2) is 4.79 Å². The minimum absolute atomic E-state index is 0.174. The molecule has 0 amide bonds. The summed E-state index contributed by atoms with van der Waals surface area (Å²) in [6.07, 6.45) is -1.52. The molecule has 1 fully saturated rings. The van der Waals surface area contributed by atoms with E-state index in [2.05, 4.69) is 0 Å². The maximum atomic E-state index is 11.5. The first-order chi connectivity index (χ1) is 8.02. The van der Waals surface area contributed by atoms with Crippen molar-refractivity contribution in [3.63, 3.8) is 0 Å². The lowest BCUT2D eigenvalue weighted by molar-refractivity contribution is -0.0533. The molecule has 8 nitrogen and oxygen atoms in total. The van der Waals surface area contributed by atoms with Crippen molar-refractivity contribution in [1.82, 2.24) is 9.55 Å². The van der Waals surface area contributed by atoms with Gasteiger partial charge in [-0.1, -0.05) is 0 Å². The van der Waals surface area contributed by atoms with Crippen molar-refractivity contribution in [3.8, 4) is 5.75 Å². The average Bonchev–Trinajstić information content (AvgIpc) is 2.65. The lowest BCUT2D eigenvalue weighted by Gasteiger charge is -2.16. The van der Waals surface area contributed by atoms with Crippen molar-refractivity contribution in [1.29, 1.82) is 0 Å². The number of H-pyrrole nitrogens is 1. The van der Waals surface area contributed by atoms with Crippen LogP contribution in [0.15, 0.2) is 15.8 Å². The van der Waals surface area contributed by atoms with Crippen LogP contribution >= 0.6 is 0 Å². The highest BCUT2D eigenvalue weighted by Crippen LogP contribution is 2.27. The number of nitrogens with zero attached hydrogens (tertiary/aromatic N) is 1. The van der Waals surface area contributed by atoms with E-state index in [-0.39, 0.29) is 13.0 Å². The third-order valence-electron chi connectivity index (χ3n) is 2.59. The lowest BCUT2D eigenvalue weighted by Crippen LogP contribution is -2.35. The van der Waals surface area contributed by atoms with Crippen LogP contribution in [0.25, 0.3) is 0 Å². The van der Waals surface area contributed by atoms with E-state index in [4.69, 9.17) is 9.84 Å². The molecule has 0 spiro atoms. The molecule has 1 saturated heterocycles. The molecule has 2 rings (SSSR count). The van der Waals surface area contributed by atoms with Crippen LogP contribution in [0.4, 0.5) is 0 Å². The van der Waals surface area contributed by atoms with Crippen molar-refractivity contribution < 1.29 is 20.1 Å². The molecule has 0 aromatic carbocycles. The molecular formula is C9H12N2O6. The summed E-state index contributed by atoms with van der Waals surface area (Å²) in [4.78, 5) is 24.3. The minimum atomic E-state index is -1.03. The van der Waals surface area contributed by atoms with Crippen molar-refractivity contribution in [2.75, 3.05) is 6.61 Å². The summed E-state index contributed by atoms with van der Waals surface area (Å²) in [6, 6.07) is 0. The average molecular weight is 244 g/mol. The van der Waals surface area contributed by atoms with Gasteiger partial charge in [0.15, 0.2) is 12.0 Å². The Morgan fingerprint density at radius 1 is 1.53 bits per heavy atom. The highest BCUT2D eigenvalue weighted by atomic mass is 16.5. The fraction of sp³-hybridized carbons (Fsp3) is 0.556. The van der Waals surface area contributed by atoms with E-state index in [9.17, 15) is 19.8 Å². The lowest BCUT2D eigenvalue weighted by atomic mass is 10.2. The molecule has 2 heterocycles. The van der Waals surface area contributed by atoms with Crippen LogP contribution in [0, 0.1) is 0 Å². The number of rotatable bonds is 2. The number of aliphatic hydroxyl groups excluding tert-OH is 2. The van der Waals surface area contributed by atoms with E-state index < -0.39 is 35.4 Å². The predicted octanol–water partition coefficient (Wildman–Crippen LogP) is -2.12. The van der Waals surface area contributed by atoms with Gasteiger partial charge < -0.3 is 20.1 Å². The second-order valence-corrected chi connectivity index (χ2v) is 3.82. The van der Waals surface area contributed by atoms with Gasteiger partial charge in [-0.3, -0.25) is 14.3 Å². The van der Waals surface area contributed by atoms with E-state index in [0.717, 1.165) is 10.8 Å². The van der Waals surface area contributed by atoms with E-state index in [1.165, 1.54) is 0 Å². The molecule has 0 aliphatic carbocycles. The van der Waals surface area contributed by atoms with Gasteiger partial charge in [-0.05, 0) is 0 Å². The zero-order valence-electron chi connectivity index (χ0n) is 8.74. The van der Waals surface area contributed by atoms with Crippen LogP contribution in [0.3, 0.4) is 0 Å². The van der Waals surface area contributed by atoms with Crippen molar-refractivity contribution in [2.24, 2.45) is 0 Å². The first-order valence-electron chi connectivity index (χ1n) is 5.01. The third-order valence-corrected chi connectivity index (χ3v) is 2.59. The first-order valence-corrected chi connectivity index (χ1v) is 5.01. The molecule has 8 heteroatoms. The molecule has 1 aliphatic heterocycles. The van der Waals surface area contributed by atoms with E-state index >= 15 is 0 Å². The molecule has 1 aliphatic rings. The number of aliphatic hydroxyl groups is 2. The van der Waals surface area contributed by atoms with Crippen molar-refractivity contribution in [2.45, 2.75) is 24.9 Å². The molecule has 94 valence electrons. The van der Waals surface area contributed by atoms with Crippen LogP contribution in [0.2, 0.25) is 0 Å². The Morgan fingerprint density at radius 3 is 2.82 bits per heavy atom. The molecule has 1 unspecified atom stereocenters. The standard InChI is InChI=1S/C9H12N2O6/c12-3-4-1-5(13)8(17-4)11-2-6(14)7(15)10-9(11)16/h2,4-5,8,12-14H,1,3H2,(H,10,15,16)/t4-,5?,8+/m1/s1. The van der Waals surface area contributed by atoms with Gasteiger partial charge in [-0.15, -0.1) is 0 Å². The van der Waals surface area contributed by atoms with Gasteiger partial charge in [0, 0.05) is 6.42 Å². The largest absolute Gasteiger partial charge is 0.502 e. The Balaban J connectivity index is 2.38. The summed E-state index contributed by atoms with van der Waals surface area (Å²) in [5.74, 6) is -0.646. The SMILES string of the molecule is O=c1[nH]c(=O)n([C@H]2O[C@@H](CO)CC2O)cc1O. The van der Waals surface area contributed by atoms with Gasteiger partial charge in [0.2, 0.25) is 0 Å². The van der Waals surface area contributed by atoms with Crippen molar-refractivity contribution in [3.05, 3.63) is 27.0 Å². The Kier molecular flexibility index (Phi) is 3.01. The molecule has 1 aromatic rings. The van der Waals surface area contributed by atoms with Gasteiger partial charge >= 0.3 is 5.69 Å². The quantitative estimate of drug-likeness (QED) is 0.471. The Hall–Kier alpha value is -1.64. The number of ether oxygens (including phenoxy) is 1.